The average Bonchev–Trinajstić information content (AvgIpc) is 3.21. The van der Waals surface area contributed by atoms with Crippen molar-refractivity contribution in [2.45, 2.75) is 85.0 Å². The molecule has 0 spiro atoms. The van der Waals surface area contributed by atoms with Crippen LogP contribution < -0.4 is 5.56 Å². The summed E-state index contributed by atoms with van der Waals surface area (Å²) in [5, 5.41) is 10.2. The molecule has 1 fully saturated rings. The summed E-state index contributed by atoms with van der Waals surface area (Å²) in [6.07, 6.45) is 5.20. The van der Waals surface area contributed by atoms with Gasteiger partial charge in [0.1, 0.15) is 11.4 Å². The maximum absolute atomic E-state index is 12.6. The molecule has 3 heterocycles. The van der Waals surface area contributed by atoms with E-state index in [4.69, 9.17) is 14.5 Å². The summed E-state index contributed by atoms with van der Waals surface area (Å²) in [7, 11) is 1.78. The van der Waals surface area contributed by atoms with Crippen molar-refractivity contribution in [3.8, 4) is 11.4 Å². The third-order valence-electron chi connectivity index (χ3n) is 7.49. The average molecular weight is 538 g/mol. The summed E-state index contributed by atoms with van der Waals surface area (Å²) in [5.74, 6) is 0.475. The smallest absolute Gasteiger partial charge is 0.312 e. The molecule has 1 aliphatic heterocycles. The Kier molecular flexibility index (Phi) is 8.96. The first-order valence-electron chi connectivity index (χ1n) is 14.1. The Bertz CT molecular complexity index is 1330. The van der Waals surface area contributed by atoms with Crippen LogP contribution in [0.1, 0.15) is 64.5 Å². The molecular weight excluding hydrogens is 494 g/mol. The van der Waals surface area contributed by atoms with Crippen LogP contribution in [-0.4, -0.2) is 50.1 Å². The summed E-state index contributed by atoms with van der Waals surface area (Å²) >= 11 is 0. The van der Waals surface area contributed by atoms with Crippen LogP contribution in [0.3, 0.4) is 0 Å². The third-order valence-corrected chi connectivity index (χ3v) is 7.49. The highest BCUT2D eigenvalue weighted by Gasteiger charge is 2.28. The number of pyridine rings is 1. The molecule has 0 bridgehead atoms. The number of carbonyl (C=O) groups excluding carboxylic acids is 1. The van der Waals surface area contributed by atoms with E-state index in [9.17, 15) is 14.7 Å². The molecule has 0 unspecified atom stereocenters. The van der Waals surface area contributed by atoms with Gasteiger partial charge < -0.3 is 23.7 Å². The number of rotatable bonds is 9. The van der Waals surface area contributed by atoms with Crippen LogP contribution in [0.25, 0.3) is 22.4 Å². The monoisotopic (exact) mass is 537 g/mol. The quantitative estimate of drug-likeness (QED) is 0.394. The van der Waals surface area contributed by atoms with Crippen molar-refractivity contribution in [1.29, 1.82) is 0 Å². The molecule has 1 saturated heterocycles. The van der Waals surface area contributed by atoms with Gasteiger partial charge in [-0.3, -0.25) is 9.59 Å². The van der Waals surface area contributed by atoms with Crippen LogP contribution in [0.5, 0.6) is 0 Å². The highest BCUT2D eigenvalue weighted by Crippen LogP contribution is 2.29. The minimum Gasteiger partial charge on any atom is -0.460 e. The van der Waals surface area contributed by atoms with Crippen molar-refractivity contribution in [1.82, 2.24) is 14.1 Å². The fraction of sp³-hybridized carbons (Fsp3) is 0.581. The van der Waals surface area contributed by atoms with E-state index in [-0.39, 0.29) is 11.5 Å². The predicted molar refractivity (Wildman–Crippen MR) is 153 cm³/mol. The van der Waals surface area contributed by atoms with Crippen LogP contribution in [-0.2, 0) is 34.3 Å². The van der Waals surface area contributed by atoms with Gasteiger partial charge in [-0.05, 0) is 96.4 Å². The summed E-state index contributed by atoms with van der Waals surface area (Å²) in [5.41, 5.74) is 4.15. The van der Waals surface area contributed by atoms with Gasteiger partial charge in [0.05, 0.1) is 23.1 Å². The largest absolute Gasteiger partial charge is 0.460 e. The molecule has 2 aromatic heterocycles. The number of aromatic nitrogens is 3. The van der Waals surface area contributed by atoms with Crippen molar-refractivity contribution in [3.63, 3.8) is 0 Å². The Balaban J connectivity index is 1.59. The first kappa shape index (κ1) is 29.0. The van der Waals surface area contributed by atoms with Gasteiger partial charge in [-0.15, -0.1) is 0 Å². The van der Waals surface area contributed by atoms with Crippen LogP contribution in [0.15, 0.2) is 35.3 Å². The number of aliphatic hydroxyl groups is 1. The topological polar surface area (TPSA) is 95.6 Å². The molecule has 1 aromatic carbocycles. The Morgan fingerprint density at radius 2 is 1.95 bits per heavy atom. The van der Waals surface area contributed by atoms with Crippen LogP contribution in [0.4, 0.5) is 0 Å². The molecule has 8 nitrogen and oxygen atoms in total. The van der Waals surface area contributed by atoms with Crippen molar-refractivity contribution in [3.05, 3.63) is 51.9 Å². The highest BCUT2D eigenvalue weighted by molar-refractivity contribution is 5.81. The number of carbonyl (C=O) groups is 1. The maximum Gasteiger partial charge on any atom is 0.312 e. The number of esters is 1. The second-order valence-electron chi connectivity index (χ2n) is 12.0. The number of aliphatic hydroxyl groups excluding tert-OH is 1. The molecule has 0 saturated carbocycles. The second kappa shape index (κ2) is 12.0. The number of nitrogens with zero attached hydrogens (tertiary/aromatic N) is 3. The molecule has 1 N–H and O–H groups in total. The molecule has 3 aromatic rings. The van der Waals surface area contributed by atoms with E-state index in [0.717, 1.165) is 73.4 Å². The Morgan fingerprint density at radius 3 is 2.59 bits per heavy atom. The number of hydrogen-bond donors (Lipinski definition) is 1. The molecule has 39 heavy (non-hydrogen) atoms. The summed E-state index contributed by atoms with van der Waals surface area (Å²) < 4.78 is 15.0. The molecule has 0 amide bonds. The Labute approximate surface area is 231 Å². The summed E-state index contributed by atoms with van der Waals surface area (Å²) in [6.45, 7) is 11.4. The van der Waals surface area contributed by atoms with E-state index in [0.29, 0.717) is 17.9 Å². The van der Waals surface area contributed by atoms with E-state index < -0.39 is 17.6 Å². The van der Waals surface area contributed by atoms with Gasteiger partial charge in [-0.25, -0.2) is 4.98 Å². The van der Waals surface area contributed by atoms with Gasteiger partial charge in [-0.2, -0.15) is 0 Å². The van der Waals surface area contributed by atoms with E-state index in [2.05, 4.69) is 22.8 Å². The van der Waals surface area contributed by atoms with E-state index in [1.165, 1.54) is 0 Å². The first-order valence-corrected chi connectivity index (χ1v) is 14.1. The van der Waals surface area contributed by atoms with Crippen LogP contribution in [0, 0.1) is 18.8 Å². The van der Waals surface area contributed by atoms with Gasteiger partial charge in [0, 0.05) is 44.1 Å². The molecule has 0 radical (unpaired) electrons. The lowest BCUT2D eigenvalue weighted by molar-refractivity contribution is -0.164. The summed E-state index contributed by atoms with van der Waals surface area (Å²) in [4.78, 5) is 30.0. The molecule has 212 valence electrons. The SMILES string of the molecule is Cc1cc(-c2nc3cc(CCC[C@H](C(=O)OC(C)(C)C)[C@@H](C)O)ccc3n2CC2CCOCC2)cn(C)c1=O. The molecule has 1 aliphatic rings. The van der Waals surface area contributed by atoms with Gasteiger partial charge in [-0.1, -0.05) is 6.07 Å². The molecule has 4 rings (SSSR count). The zero-order chi connectivity index (χ0) is 28.3. The second-order valence-corrected chi connectivity index (χ2v) is 12.0. The third kappa shape index (κ3) is 7.17. The number of ether oxygens (including phenoxy) is 2. The Hall–Kier alpha value is -2.97. The van der Waals surface area contributed by atoms with Crippen molar-refractivity contribution in [2.75, 3.05) is 13.2 Å². The molecular formula is C31H43N3O5. The van der Waals surface area contributed by atoms with Gasteiger partial charge in [0.2, 0.25) is 0 Å². The van der Waals surface area contributed by atoms with E-state index >= 15 is 0 Å². The van der Waals surface area contributed by atoms with Gasteiger partial charge in [0.15, 0.2) is 0 Å². The zero-order valence-corrected chi connectivity index (χ0v) is 24.2. The first-order chi connectivity index (χ1) is 18.4. The lowest BCUT2D eigenvalue weighted by Crippen LogP contribution is -2.33. The Morgan fingerprint density at radius 1 is 1.23 bits per heavy atom. The number of imidazole rings is 1. The summed E-state index contributed by atoms with van der Waals surface area (Å²) in [6, 6.07) is 8.32. The number of aryl methyl sites for hydroxylation is 3. The normalized spacial score (nSPS) is 16.4. The van der Waals surface area contributed by atoms with Crippen LogP contribution in [0.2, 0.25) is 0 Å². The minimum absolute atomic E-state index is 0.00462. The highest BCUT2D eigenvalue weighted by atomic mass is 16.6. The van der Waals surface area contributed by atoms with Gasteiger partial charge >= 0.3 is 5.97 Å². The lowest BCUT2D eigenvalue weighted by atomic mass is 9.95. The van der Waals surface area contributed by atoms with E-state index in [1.54, 1.807) is 18.5 Å². The number of fused-ring (bicyclic) bond motifs is 1. The molecule has 2 atom stereocenters. The van der Waals surface area contributed by atoms with Crippen molar-refractivity contribution >= 4 is 17.0 Å². The zero-order valence-electron chi connectivity index (χ0n) is 24.2. The fourth-order valence-corrected chi connectivity index (χ4v) is 5.38. The standard InChI is InChI=1S/C31H43N3O5/c1-20-16-24(19-33(6)29(20)36)28-32-26-17-22(8-7-9-25(21(2)35)30(37)39-31(3,4)5)10-11-27(26)34(28)18-23-12-14-38-15-13-23/h10-11,16-17,19,21,23,25,35H,7-9,12-15,18H2,1-6H3/t21-,25+/m1/s1. The van der Waals surface area contributed by atoms with E-state index in [1.807, 2.05) is 40.0 Å². The molecule has 8 heteroatoms. The number of hydrogen-bond acceptors (Lipinski definition) is 6. The minimum atomic E-state index is -0.768. The van der Waals surface area contributed by atoms with Crippen molar-refractivity contribution < 1.29 is 19.4 Å². The number of benzene rings is 1. The van der Waals surface area contributed by atoms with Crippen molar-refractivity contribution in [2.24, 2.45) is 18.9 Å². The van der Waals surface area contributed by atoms with Crippen LogP contribution >= 0.6 is 0 Å². The maximum atomic E-state index is 12.6. The predicted octanol–water partition coefficient (Wildman–Crippen LogP) is 4.80. The molecule has 0 aliphatic carbocycles. The van der Waals surface area contributed by atoms with Gasteiger partial charge in [0.25, 0.3) is 5.56 Å². The fourth-order valence-electron chi connectivity index (χ4n) is 5.38. The lowest BCUT2D eigenvalue weighted by Gasteiger charge is -2.25.